The van der Waals surface area contributed by atoms with Crippen molar-refractivity contribution in [1.82, 2.24) is 9.97 Å². The third-order valence-corrected chi connectivity index (χ3v) is 4.53. The van der Waals surface area contributed by atoms with Gasteiger partial charge in [-0.2, -0.15) is 0 Å². The molecule has 2 heteroatoms. The van der Waals surface area contributed by atoms with Gasteiger partial charge >= 0.3 is 0 Å². The fourth-order valence-corrected chi connectivity index (χ4v) is 3.40. The number of hydrogen-bond acceptors (Lipinski definition) is 2. The van der Waals surface area contributed by atoms with Crippen LogP contribution in [0, 0.1) is 13.8 Å². The maximum atomic E-state index is 4.72. The molecule has 0 spiro atoms. The molecule has 0 amide bonds. The smallest absolute Gasteiger partial charge is 0.0967 e. The maximum absolute atomic E-state index is 4.72. The van der Waals surface area contributed by atoms with E-state index < -0.39 is 0 Å². The van der Waals surface area contributed by atoms with E-state index in [4.69, 9.17) is 9.97 Å². The number of hydrogen-bond donors (Lipinski definition) is 0. The second-order valence-electron chi connectivity index (χ2n) is 6.20. The van der Waals surface area contributed by atoms with Crippen LogP contribution in [0.25, 0.3) is 21.8 Å². The zero-order valence-corrected chi connectivity index (χ0v) is 14.0. The highest BCUT2D eigenvalue weighted by molar-refractivity contribution is 6.05. The van der Waals surface area contributed by atoms with E-state index in [1.807, 2.05) is 12.4 Å². The number of benzene rings is 1. The summed E-state index contributed by atoms with van der Waals surface area (Å²) >= 11 is 0. The van der Waals surface area contributed by atoms with Gasteiger partial charge in [0.25, 0.3) is 0 Å². The van der Waals surface area contributed by atoms with E-state index >= 15 is 0 Å². The summed E-state index contributed by atoms with van der Waals surface area (Å²) in [4.78, 5) is 9.44. The van der Waals surface area contributed by atoms with Crippen LogP contribution in [0.4, 0.5) is 0 Å². The molecule has 3 rings (SSSR count). The maximum Gasteiger partial charge on any atom is 0.0967 e. The van der Waals surface area contributed by atoms with E-state index in [0.717, 1.165) is 36.7 Å². The van der Waals surface area contributed by atoms with Crippen LogP contribution in [0.2, 0.25) is 0 Å². The molecular formula is C20H24N2. The van der Waals surface area contributed by atoms with Crippen molar-refractivity contribution in [1.29, 1.82) is 0 Å². The van der Waals surface area contributed by atoms with Crippen molar-refractivity contribution < 1.29 is 0 Å². The largest absolute Gasteiger partial charge is 0.254 e. The molecule has 0 N–H and O–H groups in total. The second-order valence-corrected chi connectivity index (χ2v) is 6.20. The molecule has 2 aromatic heterocycles. The van der Waals surface area contributed by atoms with E-state index in [1.54, 1.807) is 0 Å². The molecule has 0 radical (unpaired) electrons. The topological polar surface area (TPSA) is 25.8 Å². The normalized spacial score (nSPS) is 11.5. The minimum absolute atomic E-state index is 1.06. The van der Waals surface area contributed by atoms with E-state index in [2.05, 4.69) is 39.8 Å². The van der Waals surface area contributed by atoms with Gasteiger partial charge in [0.15, 0.2) is 0 Å². The average Bonchev–Trinajstić information content (AvgIpc) is 2.52. The summed E-state index contributed by atoms with van der Waals surface area (Å²) in [7, 11) is 0. The summed E-state index contributed by atoms with van der Waals surface area (Å²) in [5.74, 6) is 0. The van der Waals surface area contributed by atoms with Crippen LogP contribution in [0.3, 0.4) is 0 Å². The lowest BCUT2D eigenvalue weighted by molar-refractivity contribution is 0.916. The first kappa shape index (κ1) is 15.0. The highest BCUT2D eigenvalue weighted by atomic mass is 14.7. The van der Waals surface area contributed by atoms with Crippen molar-refractivity contribution in [3.8, 4) is 0 Å². The average molecular weight is 292 g/mol. The van der Waals surface area contributed by atoms with Crippen LogP contribution < -0.4 is 0 Å². The van der Waals surface area contributed by atoms with Crippen molar-refractivity contribution in [2.45, 2.75) is 53.4 Å². The summed E-state index contributed by atoms with van der Waals surface area (Å²) in [6.07, 6.45) is 8.52. The molecule has 0 fully saturated rings. The monoisotopic (exact) mass is 292 g/mol. The summed E-state index contributed by atoms with van der Waals surface area (Å²) in [5.41, 5.74) is 7.54. The van der Waals surface area contributed by atoms with Gasteiger partial charge in [0.1, 0.15) is 0 Å². The molecule has 0 saturated carbocycles. The molecule has 0 saturated heterocycles. The van der Waals surface area contributed by atoms with Crippen LogP contribution in [0.1, 0.15) is 48.9 Å². The van der Waals surface area contributed by atoms with Crippen LogP contribution in [0.5, 0.6) is 0 Å². The fraction of sp³-hybridized carbons (Fsp3) is 0.400. The van der Waals surface area contributed by atoms with Crippen molar-refractivity contribution in [2.75, 3.05) is 0 Å². The molecule has 0 aliphatic heterocycles. The molecule has 22 heavy (non-hydrogen) atoms. The van der Waals surface area contributed by atoms with E-state index in [1.165, 1.54) is 33.0 Å². The van der Waals surface area contributed by atoms with Crippen LogP contribution in [-0.2, 0) is 12.8 Å². The molecule has 1 aromatic carbocycles. The predicted octanol–water partition coefficient (Wildman–Crippen LogP) is 5.30. The Morgan fingerprint density at radius 2 is 1.14 bits per heavy atom. The fourth-order valence-electron chi connectivity index (χ4n) is 3.40. The van der Waals surface area contributed by atoms with Gasteiger partial charge in [-0.05, 0) is 48.9 Å². The Morgan fingerprint density at radius 3 is 1.50 bits per heavy atom. The SMILES string of the molecule is CCCc1c(C)cnc2c1ccc1c(CCC)c(C)cnc12. The minimum Gasteiger partial charge on any atom is -0.254 e. The van der Waals surface area contributed by atoms with Gasteiger partial charge in [-0.25, -0.2) is 0 Å². The van der Waals surface area contributed by atoms with Crippen molar-refractivity contribution in [2.24, 2.45) is 0 Å². The Kier molecular flexibility index (Phi) is 4.10. The molecule has 0 bridgehead atoms. The zero-order chi connectivity index (χ0) is 15.7. The van der Waals surface area contributed by atoms with E-state index in [-0.39, 0.29) is 0 Å². The van der Waals surface area contributed by atoms with Gasteiger partial charge in [-0.3, -0.25) is 9.97 Å². The highest BCUT2D eigenvalue weighted by Crippen LogP contribution is 2.30. The third kappa shape index (κ3) is 2.37. The van der Waals surface area contributed by atoms with Gasteiger partial charge in [0.05, 0.1) is 11.0 Å². The molecule has 0 unspecified atom stereocenters. The summed E-state index contributed by atoms with van der Waals surface area (Å²) in [5, 5.41) is 2.54. The quantitative estimate of drug-likeness (QED) is 0.609. The predicted molar refractivity (Wildman–Crippen MR) is 94.5 cm³/mol. The van der Waals surface area contributed by atoms with Gasteiger partial charge in [0, 0.05) is 23.2 Å². The molecule has 0 aliphatic rings. The van der Waals surface area contributed by atoms with Crippen LogP contribution in [0.15, 0.2) is 24.5 Å². The first-order chi connectivity index (χ1) is 10.7. The van der Waals surface area contributed by atoms with Crippen molar-refractivity contribution in [3.05, 3.63) is 46.8 Å². The zero-order valence-electron chi connectivity index (χ0n) is 14.0. The number of aryl methyl sites for hydroxylation is 4. The minimum atomic E-state index is 1.06. The summed E-state index contributed by atoms with van der Waals surface area (Å²) in [6, 6.07) is 4.51. The lowest BCUT2D eigenvalue weighted by Gasteiger charge is -2.13. The number of aromatic nitrogens is 2. The Morgan fingerprint density at radius 1 is 0.727 bits per heavy atom. The number of fused-ring (bicyclic) bond motifs is 3. The first-order valence-corrected chi connectivity index (χ1v) is 8.32. The Bertz CT molecular complexity index is 763. The first-order valence-electron chi connectivity index (χ1n) is 8.32. The molecule has 114 valence electrons. The Balaban J connectivity index is 2.37. The molecule has 2 heterocycles. The molecule has 2 nitrogen and oxygen atoms in total. The molecule has 0 aliphatic carbocycles. The Labute approximate surface area is 132 Å². The van der Waals surface area contributed by atoms with Gasteiger partial charge in [-0.15, -0.1) is 0 Å². The molecule has 3 aromatic rings. The van der Waals surface area contributed by atoms with Gasteiger partial charge < -0.3 is 0 Å². The Hall–Kier alpha value is -1.96. The number of pyridine rings is 2. The second kappa shape index (κ2) is 6.04. The summed E-state index contributed by atoms with van der Waals surface area (Å²) in [6.45, 7) is 8.78. The number of nitrogens with zero attached hydrogens (tertiary/aromatic N) is 2. The lowest BCUT2D eigenvalue weighted by atomic mass is 9.95. The van der Waals surface area contributed by atoms with Crippen molar-refractivity contribution in [3.63, 3.8) is 0 Å². The van der Waals surface area contributed by atoms with Gasteiger partial charge in [0.2, 0.25) is 0 Å². The van der Waals surface area contributed by atoms with Crippen LogP contribution in [-0.4, -0.2) is 9.97 Å². The third-order valence-electron chi connectivity index (χ3n) is 4.53. The molecular weight excluding hydrogens is 268 g/mol. The van der Waals surface area contributed by atoms with E-state index in [9.17, 15) is 0 Å². The lowest BCUT2D eigenvalue weighted by Crippen LogP contribution is -1.98. The summed E-state index contributed by atoms with van der Waals surface area (Å²) < 4.78 is 0. The van der Waals surface area contributed by atoms with Crippen LogP contribution >= 0.6 is 0 Å². The van der Waals surface area contributed by atoms with Gasteiger partial charge in [-0.1, -0.05) is 38.8 Å². The highest BCUT2D eigenvalue weighted by Gasteiger charge is 2.12. The van der Waals surface area contributed by atoms with Crippen molar-refractivity contribution >= 4 is 21.8 Å². The van der Waals surface area contributed by atoms with E-state index in [0.29, 0.717) is 0 Å². The standard InChI is InChI=1S/C20H24N2/c1-5-7-15-13(3)11-21-19-17(15)9-10-18-16(8-6-2)14(4)12-22-20(18)19/h9-12H,5-8H2,1-4H3. The molecule has 0 atom stereocenters. The number of rotatable bonds is 4.